The lowest BCUT2D eigenvalue weighted by Gasteiger charge is -2.34. The Morgan fingerprint density at radius 2 is 1.88 bits per heavy atom. The number of rotatable bonds is 3. The lowest BCUT2D eigenvalue weighted by molar-refractivity contribution is 0.0931. The molecule has 0 spiro atoms. The second kappa shape index (κ2) is 7.27. The number of aryl methyl sites for hydroxylation is 2. The Hall–Kier alpha value is -2.34. The molecule has 1 aliphatic heterocycles. The van der Waals surface area contributed by atoms with Gasteiger partial charge in [-0.25, -0.2) is 4.68 Å². The second-order valence-electron chi connectivity index (χ2n) is 6.37. The number of nitrogens with zero attached hydrogens (tertiary/aromatic N) is 3. The first-order valence-corrected chi connectivity index (χ1v) is 8.68. The van der Waals surface area contributed by atoms with Crippen LogP contribution in [0.25, 0.3) is 0 Å². The summed E-state index contributed by atoms with van der Waals surface area (Å²) in [5.74, 6) is -0.0493. The van der Waals surface area contributed by atoms with Crippen LogP contribution < -0.4 is 15.8 Å². The van der Waals surface area contributed by atoms with Crippen LogP contribution >= 0.6 is 11.6 Å². The Kier molecular flexibility index (Phi) is 5.08. The zero-order chi connectivity index (χ0) is 18.0. The van der Waals surface area contributed by atoms with Crippen molar-refractivity contribution in [2.45, 2.75) is 25.8 Å². The number of carbonyl (C=O) groups excluding carboxylic acids is 1. The second-order valence-corrected chi connectivity index (χ2v) is 6.75. The van der Waals surface area contributed by atoms with Gasteiger partial charge in [0.15, 0.2) is 0 Å². The third-order valence-corrected chi connectivity index (χ3v) is 4.90. The molecule has 6 nitrogen and oxygen atoms in total. The lowest BCUT2D eigenvalue weighted by Crippen LogP contribution is -2.45. The van der Waals surface area contributed by atoms with Crippen LogP contribution in [0.3, 0.4) is 0 Å². The molecular formula is C18H21ClN4O2. The number of carbonyl (C=O) groups is 1. The number of nitrogens with one attached hydrogen (secondary N) is 1. The van der Waals surface area contributed by atoms with E-state index in [0.29, 0.717) is 24.3 Å². The third-order valence-electron chi connectivity index (χ3n) is 4.54. The Balaban J connectivity index is 1.60. The van der Waals surface area contributed by atoms with E-state index in [-0.39, 0.29) is 22.5 Å². The molecule has 1 aliphatic rings. The van der Waals surface area contributed by atoms with Crippen molar-refractivity contribution in [1.82, 2.24) is 15.1 Å². The summed E-state index contributed by atoms with van der Waals surface area (Å²) in [5, 5.41) is 7.31. The van der Waals surface area contributed by atoms with Crippen LogP contribution in [0.4, 0.5) is 5.69 Å². The monoisotopic (exact) mass is 360 g/mol. The fourth-order valence-corrected chi connectivity index (χ4v) is 3.25. The predicted molar refractivity (Wildman–Crippen MR) is 98.4 cm³/mol. The summed E-state index contributed by atoms with van der Waals surface area (Å²) >= 11 is 6.16. The van der Waals surface area contributed by atoms with Gasteiger partial charge in [0.2, 0.25) is 0 Å². The average Bonchev–Trinajstić information content (AvgIpc) is 2.61. The zero-order valence-electron chi connectivity index (χ0n) is 14.3. The largest absolute Gasteiger partial charge is 0.369 e. The molecule has 0 radical (unpaired) electrons. The van der Waals surface area contributed by atoms with Crippen molar-refractivity contribution in [2.24, 2.45) is 7.05 Å². The molecule has 2 aromatic rings. The Bertz CT molecular complexity index is 824. The SMILES string of the molecule is Cc1ccc(C(=O)NC2CCN(c3cnn(C)c(=O)c3Cl)CC2)cc1. The highest BCUT2D eigenvalue weighted by Gasteiger charge is 2.23. The smallest absolute Gasteiger partial charge is 0.287 e. The van der Waals surface area contributed by atoms with E-state index in [1.165, 1.54) is 4.68 Å². The zero-order valence-corrected chi connectivity index (χ0v) is 15.1. The van der Waals surface area contributed by atoms with Gasteiger partial charge in [-0.15, -0.1) is 0 Å². The third kappa shape index (κ3) is 3.85. The molecule has 0 aliphatic carbocycles. The van der Waals surface area contributed by atoms with E-state index >= 15 is 0 Å². The van der Waals surface area contributed by atoms with Gasteiger partial charge < -0.3 is 10.2 Å². The van der Waals surface area contributed by atoms with E-state index in [2.05, 4.69) is 10.4 Å². The number of benzene rings is 1. The van der Waals surface area contributed by atoms with E-state index in [1.807, 2.05) is 36.1 Å². The average molecular weight is 361 g/mol. The maximum absolute atomic E-state index is 12.3. The molecule has 0 bridgehead atoms. The molecule has 1 aromatic heterocycles. The first-order chi connectivity index (χ1) is 12.0. The molecule has 132 valence electrons. The van der Waals surface area contributed by atoms with E-state index < -0.39 is 0 Å². The first-order valence-electron chi connectivity index (χ1n) is 8.30. The minimum absolute atomic E-state index is 0.0493. The molecular weight excluding hydrogens is 340 g/mol. The van der Waals surface area contributed by atoms with Gasteiger partial charge in [-0.2, -0.15) is 5.10 Å². The Morgan fingerprint density at radius 3 is 2.52 bits per heavy atom. The standard InChI is InChI=1S/C18H21ClN4O2/c1-12-3-5-13(6-4-12)17(24)21-14-7-9-23(10-8-14)15-11-20-22(2)18(25)16(15)19/h3-6,11,14H,7-10H2,1-2H3,(H,21,24). The van der Waals surface area contributed by atoms with Crippen LogP contribution in [0.15, 0.2) is 35.3 Å². The molecule has 1 fully saturated rings. The number of piperidine rings is 1. The highest BCUT2D eigenvalue weighted by Crippen LogP contribution is 2.24. The van der Waals surface area contributed by atoms with E-state index in [0.717, 1.165) is 18.4 Å². The number of hydrogen-bond donors (Lipinski definition) is 1. The normalized spacial score (nSPS) is 15.2. The summed E-state index contributed by atoms with van der Waals surface area (Å²) in [4.78, 5) is 26.3. The Labute approximate surface area is 151 Å². The van der Waals surface area contributed by atoms with Gasteiger partial charge in [0, 0.05) is 31.7 Å². The molecule has 3 rings (SSSR count). The quantitative estimate of drug-likeness (QED) is 0.910. The number of anilines is 1. The lowest BCUT2D eigenvalue weighted by atomic mass is 10.0. The van der Waals surface area contributed by atoms with Gasteiger partial charge in [0.1, 0.15) is 5.02 Å². The fourth-order valence-electron chi connectivity index (χ4n) is 2.96. The number of aromatic nitrogens is 2. The number of halogens is 1. The first kappa shape index (κ1) is 17.5. The van der Waals surface area contributed by atoms with Crippen molar-refractivity contribution >= 4 is 23.2 Å². The molecule has 2 heterocycles. The maximum Gasteiger partial charge on any atom is 0.287 e. The van der Waals surface area contributed by atoms with E-state index in [4.69, 9.17) is 11.6 Å². The van der Waals surface area contributed by atoms with Crippen molar-refractivity contribution in [2.75, 3.05) is 18.0 Å². The van der Waals surface area contributed by atoms with Gasteiger partial charge in [-0.1, -0.05) is 29.3 Å². The van der Waals surface area contributed by atoms with Crippen molar-refractivity contribution in [3.8, 4) is 0 Å². The van der Waals surface area contributed by atoms with Crippen LogP contribution in [0, 0.1) is 6.92 Å². The molecule has 1 saturated heterocycles. The molecule has 1 N–H and O–H groups in total. The van der Waals surface area contributed by atoms with Gasteiger partial charge in [0.25, 0.3) is 11.5 Å². The van der Waals surface area contributed by atoms with Gasteiger partial charge in [-0.3, -0.25) is 9.59 Å². The number of amides is 1. The van der Waals surface area contributed by atoms with Gasteiger partial charge in [0.05, 0.1) is 11.9 Å². The van der Waals surface area contributed by atoms with Gasteiger partial charge in [-0.05, 0) is 31.9 Å². The van der Waals surface area contributed by atoms with E-state index in [9.17, 15) is 9.59 Å². The van der Waals surface area contributed by atoms with Crippen LogP contribution in [0.1, 0.15) is 28.8 Å². The summed E-state index contributed by atoms with van der Waals surface area (Å²) in [6, 6.07) is 7.66. The van der Waals surface area contributed by atoms with Crippen LogP contribution in [0.5, 0.6) is 0 Å². The molecule has 0 atom stereocenters. The van der Waals surface area contributed by atoms with Crippen molar-refractivity contribution in [3.05, 3.63) is 57.0 Å². The minimum atomic E-state index is -0.297. The number of hydrogen-bond acceptors (Lipinski definition) is 4. The Morgan fingerprint density at radius 1 is 1.24 bits per heavy atom. The molecule has 0 saturated carbocycles. The summed E-state index contributed by atoms with van der Waals surface area (Å²) in [5.41, 5.74) is 2.17. The molecule has 1 aromatic carbocycles. The van der Waals surface area contributed by atoms with E-state index in [1.54, 1.807) is 13.2 Å². The minimum Gasteiger partial charge on any atom is -0.369 e. The van der Waals surface area contributed by atoms with Crippen molar-refractivity contribution in [3.63, 3.8) is 0 Å². The summed E-state index contributed by atoms with van der Waals surface area (Å²) < 4.78 is 1.22. The highest BCUT2D eigenvalue weighted by atomic mass is 35.5. The van der Waals surface area contributed by atoms with Crippen LogP contribution in [-0.2, 0) is 7.05 Å². The highest BCUT2D eigenvalue weighted by molar-refractivity contribution is 6.33. The fraction of sp³-hybridized carbons (Fsp3) is 0.389. The van der Waals surface area contributed by atoms with Crippen molar-refractivity contribution < 1.29 is 4.79 Å². The maximum atomic E-state index is 12.3. The summed E-state index contributed by atoms with van der Waals surface area (Å²) in [6.07, 6.45) is 3.21. The molecule has 7 heteroatoms. The topological polar surface area (TPSA) is 67.2 Å². The molecule has 1 amide bonds. The van der Waals surface area contributed by atoms with Crippen LogP contribution in [-0.4, -0.2) is 34.8 Å². The molecule has 0 unspecified atom stereocenters. The van der Waals surface area contributed by atoms with Gasteiger partial charge >= 0.3 is 0 Å². The summed E-state index contributed by atoms with van der Waals surface area (Å²) in [6.45, 7) is 3.43. The van der Waals surface area contributed by atoms with Crippen LogP contribution in [0.2, 0.25) is 5.02 Å². The van der Waals surface area contributed by atoms with Crippen molar-refractivity contribution in [1.29, 1.82) is 0 Å². The molecule has 25 heavy (non-hydrogen) atoms. The predicted octanol–water partition coefficient (Wildman–Crippen LogP) is 2.14. The summed E-state index contributed by atoms with van der Waals surface area (Å²) in [7, 11) is 1.57.